The van der Waals surface area contributed by atoms with Gasteiger partial charge < -0.3 is 21.1 Å². The van der Waals surface area contributed by atoms with Gasteiger partial charge in [0.15, 0.2) is 0 Å². The number of amides is 1. The number of nitrogens with two attached hydrogens (primary N) is 2. The van der Waals surface area contributed by atoms with E-state index < -0.39 is 5.97 Å². The SMILES string of the molecule is NCCCCCCCCN(CC(=O)Oc1ccc2ccc3ccccc3c2c1)C(=O)CCCCN. The zero-order chi connectivity index (χ0) is 24.9. The Hall–Kier alpha value is -2.96. The molecule has 0 saturated carbocycles. The Kier molecular flexibility index (Phi) is 11.0. The van der Waals surface area contributed by atoms with E-state index in [1.54, 1.807) is 4.90 Å². The molecular weight excluding hydrogens is 438 g/mol. The Labute approximate surface area is 208 Å². The van der Waals surface area contributed by atoms with Gasteiger partial charge in [-0.05, 0) is 72.5 Å². The number of hydrogen-bond donors (Lipinski definition) is 2. The van der Waals surface area contributed by atoms with Gasteiger partial charge in [-0.25, -0.2) is 4.79 Å². The number of esters is 1. The molecule has 0 saturated heterocycles. The molecule has 0 aromatic heterocycles. The molecule has 0 heterocycles. The monoisotopic (exact) mass is 477 g/mol. The highest BCUT2D eigenvalue weighted by Gasteiger charge is 2.18. The maximum absolute atomic E-state index is 12.8. The highest BCUT2D eigenvalue weighted by atomic mass is 16.5. The summed E-state index contributed by atoms with van der Waals surface area (Å²) < 4.78 is 5.68. The van der Waals surface area contributed by atoms with Gasteiger partial charge in [0.1, 0.15) is 12.3 Å². The summed E-state index contributed by atoms with van der Waals surface area (Å²) in [4.78, 5) is 27.3. The number of unbranched alkanes of at least 4 members (excludes halogenated alkanes) is 6. The molecule has 0 bridgehead atoms. The minimum Gasteiger partial charge on any atom is -0.425 e. The van der Waals surface area contributed by atoms with Crippen molar-refractivity contribution in [2.45, 2.75) is 57.8 Å². The summed E-state index contributed by atoms with van der Waals surface area (Å²) >= 11 is 0. The maximum Gasteiger partial charge on any atom is 0.331 e. The molecule has 3 aromatic rings. The van der Waals surface area contributed by atoms with Crippen LogP contribution in [0.1, 0.15) is 57.8 Å². The molecule has 0 atom stereocenters. The van der Waals surface area contributed by atoms with Gasteiger partial charge in [-0.3, -0.25) is 4.79 Å². The number of benzene rings is 3. The molecule has 0 aliphatic rings. The summed E-state index contributed by atoms with van der Waals surface area (Å²) in [7, 11) is 0. The topological polar surface area (TPSA) is 98.6 Å². The Morgan fingerprint density at radius 1 is 0.714 bits per heavy atom. The minimum atomic E-state index is -0.417. The van der Waals surface area contributed by atoms with Crippen LogP contribution < -0.4 is 16.2 Å². The number of carbonyl (C=O) groups excluding carboxylic acids is 2. The van der Waals surface area contributed by atoms with Gasteiger partial charge in [0, 0.05) is 13.0 Å². The Balaban J connectivity index is 1.61. The molecule has 0 aliphatic carbocycles. The largest absolute Gasteiger partial charge is 0.425 e. The summed E-state index contributed by atoms with van der Waals surface area (Å²) in [5, 5.41) is 4.39. The molecule has 188 valence electrons. The van der Waals surface area contributed by atoms with E-state index in [1.165, 1.54) is 0 Å². The van der Waals surface area contributed by atoms with Crippen LogP contribution in [-0.4, -0.2) is 43.0 Å². The second kappa shape index (κ2) is 14.4. The van der Waals surface area contributed by atoms with Crippen molar-refractivity contribution >= 4 is 33.4 Å². The lowest BCUT2D eigenvalue weighted by atomic mass is 10.0. The molecule has 6 heteroatoms. The zero-order valence-corrected chi connectivity index (χ0v) is 20.7. The summed E-state index contributed by atoms with van der Waals surface area (Å²) in [5.74, 6) is 0.0667. The molecule has 4 N–H and O–H groups in total. The predicted molar refractivity (Wildman–Crippen MR) is 143 cm³/mol. The summed E-state index contributed by atoms with van der Waals surface area (Å²) in [6.07, 6.45) is 8.32. The van der Waals surface area contributed by atoms with Gasteiger partial charge in [0.25, 0.3) is 0 Å². The van der Waals surface area contributed by atoms with E-state index >= 15 is 0 Å². The van der Waals surface area contributed by atoms with Crippen LogP contribution >= 0.6 is 0 Å². The zero-order valence-electron chi connectivity index (χ0n) is 20.7. The molecule has 3 aromatic carbocycles. The van der Waals surface area contributed by atoms with Crippen molar-refractivity contribution in [2.24, 2.45) is 11.5 Å². The fourth-order valence-corrected chi connectivity index (χ4v) is 4.39. The van der Waals surface area contributed by atoms with Gasteiger partial charge in [0.05, 0.1) is 0 Å². The van der Waals surface area contributed by atoms with Crippen molar-refractivity contribution in [3.8, 4) is 5.75 Å². The Morgan fingerprint density at radius 3 is 2.11 bits per heavy atom. The fourth-order valence-electron chi connectivity index (χ4n) is 4.39. The first kappa shape index (κ1) is 26.6. The lowest BCUT2D eigenvalue weighted by Crippen LogP contribution is -2.38. The van der Waals surface area contributed by atoms with Crippen LogP contribution in [0.2, 0.25) is 0 Å². The normalized spacial score (nSPS) is 11.1. The van der Waals surface area contributed by atoms with Crippen molar-refractivity contribution in [1.82, 2.24) is 4.90 Å². The van der Waals surface area contributed by atoms with Gasteiger partial charge in [-0.2, -0.15) is 0 Å². The maximum atomic E-state index is 12.8. The molecule has 3 rings (SSSR count). The first-order valence-corrected chi connectivity index (χ1v) is 12.9. The highest BCUT2D eigenvalue weighted by Crippen LogP contribution is 2.28. The molecule has 0 unspecified atom stereocenters. The smallest absolute Gasteiger partial charge is 0.331 e. The molecular formula is C29H39N3O3. The van der Waals surface area contributed by atoms with Crippen LogP contribution in [0.4, 0.5) is 0 Å². The van der Waals surface area contributed by atoms with Gasteiger partial charge in [0.2, 0.25) is 5.91 Å². The second-order valence-electron chi connectivity index (χ2n) is 9.11. The quantitative estimate of drug-likeness (QED) is 0.136. The standard InChI is InChI=1S/C29H39N3O3/c30-18-8-3-1-2-4-10-20-32(28(33)13-7-9-19-31)22-29(34)35-25-17-16-24-15-14-23-11-5-6-12-26(23)27(24)21-25/h5-6,11-12,14-17,21H,1-4,7-10,13,18-20,22,30-31H2. The van der Waals surface area contributed by atoms with Crippen LogP contribution in [0, 0.1) is 0 Å². The van der Waals surface area contributed by atoms with E-state index in [4.69, 9.17) is 16.2 Å². The first-order chi connectivity index (χ1) is 17.1. The molecule has 6 nitrogen and oxygen atoms in total. The van der Waals surface area contributed by atoms with E-state index in [9.17, 15) is 9.59 Å². The van der Waals surface area contributed by atoms with Crippen LogP contribution in [0.3, 0.4) is 0 Å². The van der Waals surface area contributed by atoms with Crippen LogP contribution in [0.15, 0.2) is 54.6 Å². The molecule has 1 amide bonds. The average Bonchev–Trinajstić information content (AvgIpc) is 2.87. The van der Waals surface area contributed by atoms with Crippen molar-refractivity contribution in [3.63, 3.8) is 0 Å². The number of carbonyl (C=O) groups is 2. The van der Waals surface area contributed by atoms with Gasteiger partial charge in [-0.1, -0.05) is 68.1 Å². The van der Waals surface area contributed by atoms with Gasteiger partial charge in [-0.15, -0.1) is 0 Å². The fraction of sp³-hybridized carbons (Fsp3) is 0.448. The number of rotatable bonds is 15. The highest BCUT2D eigenvalue weighted by molar-refractivity contribution is 6.08. The molecule has 35 heavy (non-hydrogen) atoms. The summed E-state index contributed by atoms with van der Waals surface area (Å²) in [6, 6.07) is 18.0. The van der Waals surface area contributed by atoms with Crippen molar-refractivity contribution in [2.75, 3.05) is 26.2 Å². The molecule has 0 spiro atoms. The molecule has 0 fully saturated rings. The lowest BCUT2D eigenvalue weighted by Gasteiger charge is -2.22. The Morgan fingerprint density at radius 2 is 1.34 bits per heavy atom. The number of hydrogen-bond acceptors (Lipinski definition) is 5. The summed E-state index contributed by atoms with van der Waals surface area (Å²) in [5.41, 5.74) is 11.1. The first-order valence-electron chi connectivity index (χ1n) is 12.9. The van der Waals surface area contributed by atoms with E-state index in [1.807, 2.05) is 30.3 Å². The van der Waals surface area contributed by atoms with E-state index in [-0.39, 0.29) is 12.5 Å². The van der Waals surface area contributed by atoms with Crippen LogP contribution in [0.25, 0.3) is 21.5 Å². The third-order valence-corrected chi connectivity index (χ3v) is 6.35. The number of fused-ring (bicyclic) bond motifs is 3. The predicted octanol–water partition coefficient (Wildman–Crippen LogP) is 5.16. The minimum absolute atomic E-state index is 0.0111. The third-order valence-electron chi connectivity index (χ3n) is 6.35. The van der Waals surface area contributed by atoms with E-state index in [0.29, 0.717) is 25.3 Å². The summed E-state index contributed by atoms with van der Waals surface area (Å²) in [6.45, 7) is 1.83. The van der Waals surface area contributed by atoms with E-state index in [0.717, 1.165) is 79.5 Å². The van der Waals surface area contributed by atoms with Crippen LogP contribution in [-0.2, 0) is 9.59 Å². The number of nitrogens with zero attached hydrogens (tertiary/aromatic N) is 1. The lowest BCUT2D eigenvalue weighted by molar-refractivity contribution is -0.142. The number of ether oxygens (including phenoxy) is 1. The average molecular weight is 478 g/mol. The van der Waals surface area contributed by atoms with Crippen molar-refractivity contribution in [3.05, 3.63) is 54.6 Å². The van der Waals surface area contributed by atoms with Crippen molar-refractivity contribution in [1.29, 1.82) is 0 Å². The van der Waals surface area contributed by atoms with E-state index in [2.05, 4.69) is 24.3 Å². The van der Waals surface area contributed by atoms with Crippen molar-refractivity contribution < 1.29 is 14.3 Å². The molecule has 0 radical (unpaired) electrons. The molecule has 0 aliphatic heterocycles. The Bertz CT molecular complexity index is 1100. The van der Waals surface area contributed by atoms with Crippen LogP contribution in [0.5, 0.6) is 5.75 Å². The third kappa shape index (κ3) is 8.34. The second-order valence-corrected chi connectivity index (χ2v) is 9.11. The van der Waals surface area contributed by atoms with Gasteiger partial charge >= 0.3 is 5.97 Å².